The number of hydrogen-bond donors (Lipinski definition) is 2. The van der Waals surface area contributed by atoms with E-state index in [0.29, 0.717) is 22.3 Å². The standard InChI is InChI=1S/C19H13ClF2N4O2S/c1-10-6-13-18(23-9-24-19(13)25-10)11-2-4-16(14(21)7-11)26-29(27,28)17-5-3-12(20)8-15(17)22/h2-9,26H,1H3,(H,23,24,25). The fraction of sp³-hybridized carbons (Fsp3) is 0.0526. The molecule has 4 rings (SSSR count). The van der Waals surface area contributed by atoms with Crippen LogP contribution in [-0.2, 0) is 10.0 Å². The molecule has 29 heavy (non-hydrogen) atoms. The Morgan fingerprint density at radius 1 is 1.03 bits per heavy atom. The topological polar surface area (TPSA) is 87.7 Å². The van der Waals surface area contributed by atoms with E-state index >= 15 is 0 Å². The number of benzene rings is 2. The van der Waals surface area contributed by atoms with Crippen LogP contribution < -0.4 is 4.72 Å². The molecule has 0 saturated heterocycles. The Morgan fingerprint density at radius 3 is 2.55 bits per heavy atom. The molecular weight excluding hydrogens is 422 g/mol. The lowest BCUT2D eigenvalue weighted by Gasteiger charge is -2.11. The van der Waals surface area contributed by atoms with E-state index in [1.54, 1.807) is 0 Å². The number of aromatic nitrogens is 3. The Morgan fingerprint density at radius 2 is 1.83 bits per heavy atom. The summed E-state index contributed by atoms with van der Waals surface area (Å²) >= 11 is 5.64. The Bertz CT molecular complexity index is 1360. The molecular formula is C19H13ClF2N4O2S. The van der Waals surface area contributed by atoms with Gasteiger partial charge in [-0.3, -0.25) is 4.72 Å². The molecule has 0 fully saturated rings. The van der Waals surface area contributed by atoms with Crippen LogP contribution >= 0.6 is 11.6 Å². The van der Waals surface area contributed by atoms with E-state index in [-0.39, 0.29) is 10.7 Å². The maximum Gasteiger partial charge on any atom is 0.264 e. The van der Waals surface area contributed by atoms with Gasteiger partial charge in [0.15, 0.2) is 0 Å². The van der Waals surface area contributed by atoms with Crippen LogP contribution in [0.25, 0.3) is 22.3 Å². The predicted molar refractivity (Wildman–Crippen MR) is 106 cm³/mol. The van der Waals surface area contributed by atoms with Crippen LogP contribution in [0.5, 0.6) is 0 Å². The number of anilines is 1. The van der Waals surface area contributed by atoms with E-state index in [4.69, 9.17) is 11.6 Å². The minimum Gasteiger partial charge on any atom is -0.343 e. The van der Waals surface area contributed by atoms with E-state index in [1.807, 2.05) is 13.0 Å². The van der Waals surface area contributed by atoms with Gasteiger partial charge in [0.1, 0.15) is 28.5 Å². The van der Waals surface area contributed by atoms with Gasteiger partial charge in [0.05, 0.1) is 11.4 Å². The van der Waals surface area contributed by atoms with E-state index in [2.05, 4.69) is 19.7 Å². The summed E-state index contributed by atoms with van der Waals surface area (Å²) in [7, 11) is -4.35. The molecule has 0 saturated carbocycles. The molecule has 0 amide bonds. The minimum atomic E-state index is -4.35. The summed E-state index contributed by atoms with van der Waals surface area (Å²) in [6.07, 6.45) is 1.35. The van der Waals surface area contributed by atoms with Crippen LogP contribution in [0.15, 0.2) is 53.7 Å². The fourth-order valence-electron chi connectivity index (χ4n) is 2.94. The number of halogens is 3. The highest BCUT2D eigenvalue weighted by molar-refractivity contribution is 7.92. The normalized spacial score (nSPS) is 11.7. The first kappa shape index (κ1) is 19.3. The highest BCUT2D eigenvalue weighted by Gasteiger charge is 2.21. The number of nitrogens with zero attached hydrogens (tertiary/aromatic N) is 2. The zero-order valence-electron chi connectivity index (χ0n) is 14.9. The first-order chi connectivity index (χ1) is 13.7. The lowest BCUT2D eigenvalue weighted by atomic mass is 10.1. The van der Waals surface area contributed by atoms with Gasteiger partial charge in [-0.15, -0.1) is 0 Å². The Hall–Kier alpha value is -3.04. The van der Waals surface area contributed by atoms with Crippen molar-refractivity contribution in [3.05, 3.63) is 71.1 Å². The third-order valence-electron chi connectivity index (χ3n) is 4.23. The van der Waals surface area contributed by atoms with Gasteiger partial charge in [0, 0.05) is 21.7 Å². The molecule has 2 N–H and O–H groups in total. The molecule has 0 unspecified atom stereocenters. The predicted octanol–water partition coefficient (Wildman–Crippen LogP) is 4.67. The van der Waals surface area contributed by atoms with Crippen molar-refractivity contribution in [2.45, 2.75) is 11.8 Å². The van der Waals surface area contributed by atoms with E-state index < -0.39 is 26.6 Å². The summed E-state index contributed by atoms with van der Waals surface area (Å²) < 4.78 is 55.6. The third kappa shape index (κ3) is 3.66. The zero-order chi connectivity index (χ0) is 20.8. The van der Waals surface area contributed by atoms with E-state index in [1.165, 1.54) is 24.5 Å². The van der Waals surface area contributed by atoms with Crippen LogP contribution in [-0.4, -0.2) is 23.4 Å². The second-order valence-corrected chi connectivity index (χ2v) is 8.40. The molecule has 4 aromatic rings. The largest absolute Gasteiger partial charge is 0.343 e. The highest BCUT2D eigenvalue weighted by atomic mass is 35.5. The smallest absolute Gasteiger partial charge is 0.264 e. The molecule has 0 aliphatic heterocycles. The monoisotopic (exact) mass is 434 g/mol. The van der Waals surface area contributed by atoms with E-state index in [9.17, 15) is 17.2 Å². The molecule has 2 heterocycles. The number of sulfonamides is 1. The molecule has 0 aliphatic carbocycles. The van der Waals surface area contributed by atoms with Gasteiger partial charge in [-0.25, -0.2) is 27.2 Å². The van der Waals surface area contributed by atoms with Crippen molar-refractivity contribution < 1.29 is 17.2 Å². The van der Waals surface area contributed by atoms with Crippen LogP contribution in [0.4, 0.5) is 14.5 Å². The maximum absolute atomic E-state index is 14.7. The van der Waals surface area contributed by atoms with Gasteiger partial charge in [0.2, 0.25) is 0 Å². The average molecular weight is 435 g/mol. The maximum atomic E-state index is 14.7. The van der Waals surface area contributed by atoms with Crippen molar-refractivity contribution in [2.24, 2.45) is 0 Å². The molecule has 0 bridgehead atoms. The van der Waals surface area contributed by atoms with Gasteiger partial charge in [-0.2, -0.15) is 0 Å². The molecule has 10 heteroatoms. The number of H-pyrrole nitrogens is 1. The number of hydrogen-bond acceptors (Lipinski definition) is 4. The molecule has 6 nitrogen and oxygen atoms in total. The van der Waals surface area contributed by atoms with E-state index in [0.717, 1.165) is 23.9 Å². The van der Waals surface area contributed by atoms with Gasteiger partial charge in [-0.1, -0.05) is 17.7 Å². The number of aromatic amines is 1. The summed E-state index contributed by atoms with van der Waals surface area (Å²) in [6, 6.07) is 8.88. The van der Waals surface area contributed by atoms with Gasteiger partial charge >= 0.3 is 0 Å². The molecule has 148 valence electrons. The summed E-state index contributed by atoms with van der Waals surface area (Å²) in [5, 5.41) is 0.758. The lowest BCUT2D eigenvalue weighted by Crippen LogP contribution is -2.15. The van der Waals surface area contributed by atoms with Crippen molar-refractivity contribution in [2.75, 3.05) is 4.72 Å². The minimum absolute atomic E-state index is 0.0492. The van der Waals surface area contributed by atoms with Crippen molar-refractivity contribution in [3.63, 3.8) is 0 Å². The number of rotatable bonds is 4. The summed E-state index contributed by atoms with van der Waals surface area (Å²) in [5.41, 5.74) is 2.09. The third-order valence-corrected chi connectivity index (χ3v) is 5.86. The van der Waals surface area contributed by atoms with Crippen molar-refractivity contribution in [3.8, 4) is 11.3 Å². The van der Waals surface area contributed by atoms with Gasteiger partial charge in [-0.05, 0) is 43.3 Å². The number of nitrogens with one attached hydrogen (secondary N) is 2. The summed E-state index contributed by atoms with van der Waals surface area (Å²) in [5.74, 6) is -1.87. The molecule has 0 spiro atoms. The Balaban J connectivity index is 1.70. The van der Waals surface area contributed by atoms with Gasteiger partial charge < -0.3 is 4.98 Å². The second kappa shape index (κ2) is 7.09. The van der Waals surface area contributed by atoms with Crippen molar-refractivity contribution in [1.29, 1.82) is 0 Å². The second-order valence-electron chi connectivity index (χ2n) is 6.31. The van der Waals surface area contributed by atoms with Crippen LogP contribution in [0.2, 0.25) is 5.02 Å². The van der Waals surface area contributed by atoms with Crippen LogP contribution in [0.3, 0.4) is 0 Å². The average Bonchev–Trinajstić information content (AvgIpc) is 3.03. The van der Waals surface area contributed by atoms with Crippen LogP contribution in [0.1, 0.15) is 5.69 Å². The molecule has 2 aromatic carbocycles. The molecule has 2 aromatic heterocycles. The fourth-order valence-corrected chi connectivity index (χ4v) is 4.23. The lowest BCUT2D eigenvalue weighted by molar-refractivity contribution is 0.569. The molecule has 0 aliphatic rings. The Kier molecular flexibility index (Phi) is 4.71. The first-order valence-electron chi connectivity index (χ1n) is 8.33. The quantitative estimate of drug-likeness (QED) is 0.488. The summed E-state index contributed by atoms with van der Waals surface area (Å²) in [6.45, 7) is 1.86. The van der Waals surface area contributed by atoms with Crippen LogP contribution in [0, 0.1) is 18.6 Å². The molecule has 0 radical (unpaired) electrons. The Labute approximate surface area is 169 Å². The van der Waals surface area contributed by atoms with Gasteiger partial charge in [0.25, 0.3) is 10.0 Å². The zero-order valence-corrected chi connectivity index (χ0v) is 16.4. The first-order valence-corrected chi connectivity index (χ1v) is 10.2. The molecule has 0 atom stereocenters. The SMILES string of the molecule is Cc1cc2c(-c3ccc(NS(=O)(=O)c4ccc(Cl)cc4F)c(F)c3)ncnc2[nH]1. The van der Waals surface area contributed by atoms with Crippen molar-refractivity contribution in [1.82, 2.24) is 15.0 Å². The number of fused-ring (bicyclic) bond motifs is 1. The summed E-state index contributed by atoms with van der Waals surface area (Å²) in [4.78, 5) is 10.8. The van der Waals surface area contributed by atoms with Crippen molar-refractivity contribution >= 4 is 38.3 Å². The number of aryl methyl sites for hydroxylation is 1. The highest BCUT2D eigenvalue weighted by Crippen LogP contribution is 2.30.